The van der Waals surface area contributed by atoms with Gasteiger partial charge in [0, 0.05) is 25.2 Å². The number of hydrogen-bond acceptors (Lipinski definition) is 5. The molecule has 2 heterocycles. The van der Waals surface area contributed by atoms with Gasteiger partial charge in [-0.15, -0.1) is 0 Å². The number of benzene rings is 1. The maximum absolute atomic E-state index is 11.3. The Labute approximate surface area is 141 Å². The van der Waals surface area contributed by atoms with Gasteiger partial charge in [0.05, 0.1) is 0 Å². The number of hydrogen-bond donors (Lipinski definition) is 3. The van der Waals surface area contributed by atoms with Gasteiger partial charge in [-0.3, -0.25) is 10.0 Å². The largest absolute Gasteiger partial charge is 0.451 e. The van der Waals surface area contributed by atoms with Crippen molar-refractivity contribution in [2.45, 2.75) is 19.4 Å². The minimum atomic E-state index is -0.653. The minimum absolute atomic E-state index is 0.0835. The van der Waals surface area contributed by atoms with Crippen molar-refractivity contribution in [3.8, 4) is 11.3 Å². The van der Waals surface area contributed by atoms with Gasteiger partial charge in [0.25, 0.3) is 0 Å². The van der Waals surface area contributed by atoms with Crippen LogP contribution in [0.2, 0.25) is 0 Å². The lowest BCUT2D eigenvalue weighted by Crippen LogP contribution is -2.29. The van der Waals surface area contributed by atoms with E-state index in [1.54, 1.807) is 11.5 Å². The Hall–Kier alpha value is -2.15. The standard InChI is InChI=1S/C18H23N3O3/c22-18(20-23)17-8-7-16(24-17)15-5-3-14(4-6-15)13-19-9-12-21-10-1-2-11-21/h3-8,19,23H,1-2,9-13H2,(H,20,22). The number of likely N-dealkylation sites (tertiary alicyclic amines) is 1. The van der Waals surface area contributed by atoms with Crippen LogP contribution in [0.15, 0.2) is 40.8 Å². The first-order chi connectivity index (χ1) is 11.8. The third-order valence-corrected chi connectivity index (χ3v) is 4.30. The quantitative estimate of drug-likeness (QED) is 0.413. The van der Waals surface area contributed by atoms with Gasteiger partial charge < -0.3 is 14.6 Å². The van der Waals surface area contributed by atoms with Crippen molar-refractivity contribution in [2.24, 2.45) is 0 Å². The maximum atomic E-state index is 11.3. The Kier molecular flexibility index (Phi) is 5.63. The summed E-state index contributed by atoms with van der Waals surface area (Å²) in [5.74, 6) is 0.0300. The molecule has 1 amide bonds. The normalized spacial score (nSPS) is 14.9. The average molecular weight is 329 g/mol. The van der Waals surface area contributed by atoms with Crippen LogP contribution in [0.3, 0.4) is 0 Å². The highest BCUT2D eigenvalue weighted by Crippen LogP contribution is 2.22. The van der Waals surface area contributed by atoms with Crippen molar-refractivity contribution in [2.75, 3.05) is 26.2 Å². The Morgan fingerprint density at radius 3 is 2.58 bits per heavy atom. The third-order valence-electron chi connectivity index (χ3n) is 4.30. The van der Waals surface area contributed by atoms with Crippen LogP contribution in [-0.2, 0) is 6.54 Å². The number of rotatable bonds is 7. The van der Waals surface area contributed by atoms with Gasteiger partial charge in [0.2, 0.25) is 0 Å². The van der Waals surface area contributed by atoms with Crippen molar-refractivity contribution >= 4 is 5.91 Å². The maximum Gasteiger partial charge on any atom is 0.310 e. The molecule has 1 saturated heterocycles. The summed E-state index contributed by atoms with van der Waals surface area (Å²) in [6.07, 6.45) is 2.66. The summed E-state index contributed by atoms with van der Waals surface area (Å²) in [6.45, 7) is 5.41. The fourth-order valence-corrected chi connectivity index (χ4v) is 2.93. The predicted molar refractivity (Wildman–Crippen MR) is 90.8 cm³/mol. The molecule has 0 radical (unpaired) electrons. The molecule has 6 nitrogen and oxygen atoms in total. The second kappa shape index (κ2) is 8.10. The summed E-state index contributed by atoms with van der Waals surface area (Å²) in [7, 11) is 0. The molecule has 0 atom stereocenters. The Morgan fingerprint density at radius 1 is 1.12 bits per heavy atom. The van der Waals surface area contributed by atoms with Crippen molar-refractivity contribution in [3.05, 3.63) is 47.7 Å². The van der Waals surface area contributed by atoms with Gasteiger partial charge in [-0.25, -0.2) is 5.48 Å². The minimum Gasteiger partial charge on any atom is -0.451 e. The Balaban J connectivity index is 1.49. The van der Waals surface area contributed by atoms with Gasteiger partial charge in [-0.1, -0.05) is 24.3 Å². The Bertz CT molecular complexity index is 660. The van der Waals surface area contributed by atoms with E-state index in [9.17, 15) is 4.79 Å². The fraction of sp³-hybridized carbons (Fsp3) is 0.389. The molecule has 3 rings (SSSR count). The zero-order valence-corrected chi connectivity index (χ0v) is 13.6. The average Bonchev–Trinajstić information content (AvgIpc) is 3.30. The number of amides is 1. The highest BCUT2D eigenvalue weighted by atomic mass is 16.5. The molecular formula is C18H23N3O3. The Morgan fingerprint density at radius 2 is 1.88 bits per heavy atom. The fourth-order valence-electron chi connectivity index (χ4n) is 2.93. The molecule has 0 aliphatic carbocycles. The topological polar surface area (TPSA) is 77.7 Å². The molecule has 1 aromatic heterocycles. The first-order valence-corrected chi connectivity index (χ1v) is 8.33. The molecule has 1 fully saturated rings. The van der Waals surface area contributed by atoms with Crippen molar-refractivity contribution in [1.29, 1.82) is 0 Å². The SMILES string of the molecule is O=C(NO)c1ccc(-c2ccc(CNCCN3CCCC3)cc2)o1. The van der Waals surface area contributed by atoms with E-state index >= 15 is 0 Å². The van der Waals surface area contributed by atoms with E-state index in [4.69, 9.17) is 9.62 Å². The number of hydroxylamine groups is 1. The van der Waals surface area contributed by atoms with Crippen LogP contribution in [0.5, 0.6) is 0 Å². The van der Waals surface area contributed by atoms with Crippen LogP contribution in [0.25, 0.3) is 11.3 Å². The summed E-state index contributed by atoms with van der Waals surface area (Å²) < 4.78 is 5.42. The van der Waals surface area contributed by atoms with Crippen LogP contribution in [-0.4, -0.2) is 42.2 Å². The van der Waals surface area contributed by atoms with E-state index in [0.717, 1.165) is 25.2 Å². The zero-order valence-electron chi connectivity index (χ0n) is 13.6. The number of nitrogens with zero attached hydrogens (tertiary/aromatic N) is 1. The van der Waals surface area contributed by atoms with Crippen LogP contribution in [0.4, 0.5) is 0 Å². The molecule has 0 saturated carbocycles. The zero-order chi connectivity index (χ0) is 16.8. The lowest BCUT2D eigenvalue weighted by Gasteiger charge is -2.14. The first-order valence-electron chi connectivity index (χ1n) is 8.33. The number of carbonyl (C=O) groups excluding carboxylic acids is 1. The molecule has 6 heteroatoms. The lowest BCUT2D eigenvalue weighted by atomic mass is 10.1. The third kappa shape index (κ3) is 4.23. The van der Waals surface area contributed by atoms with Crippen LogP contribution >= 0.6 is 0 Å². The van der Waals surface area contributed by atoms with Gasteiger partial charge in [0.15, 0.2) is 5.76 Å². The lowest BCUT2D eigenvalue weighted by molar-refractivity contribution is 0.0677. The summed E-state index contributed by atoms with van der Waals surface area (Å²) in [4.78, 5) is 13.8. The molecule has 0 unspecified atom stereocenters. The summed E-state index contributed by atoms with van der Waals surface area (Å²) >= 11 is 0. The van der Waals surface area contributed by atoms with Crippen molar-refractivity contribution in [3.63, 3.8) is 0 Å². The van der Waals surface area contributed by atoms with Gasteiger partial charge in [-0.05, 0) is 43.6 Å². The van der Waals surface area contributed by atoms with Gasteiger partial charge >= 0.3 is 5.91 Å². The monoisotopic (exact) mass is 329 g/mol. The van der Waals surface area contributed by atoms with Gasteiger partial charge in [0.1, 0.15) is 5.76 Å². The van der Waals surface area contributed by atoms with E-state index in [1.165, 1.54) is 37.6 Å². The second-order valence-corrected chi connectivity index (χ2v) is 6.03. The first kappa shape index (κ1) is 16.7. The van der Waals surface area contributed by atoms with Crippen molar-refractivity contribution in [1.82, 2.24) is 15.7 Å². The number of nitrogens with one attached hydrogen (secondary N) is 2. The van der Waals surface area contributed by atoms with Crippen molar-refractivity contribution < 1.29 is 14.4 Å². The molecule has 0 bridgehead atoms. The smallest absolute Gasteiger partial charge is 0.310 e. The van der Waals surface area contributed by atoms with E-state index in [1.807, 2.05) is 24.3 Å². The van der Waals surface area contributed by atoms with Gasteiger partial charge in [-0.2, -0.15) is 0 Å². The second-order valence-electron chi connectivity index (χ2n) is 6.03. The predicted octanol–water partition coefficient (Wildman–Crippen LogP) is 2.25. The van der Waals surface area contributed by atoms with Crippen LogP contribution in [0.1, 0.15) is 29.0 Å². The molecule has 3 N–H and O–H groups in total. The van der Waals surface area contributed by atoms with E-state index in [2.05, 4.69) is 10.2 Å². The highest BCUT2D eigenvalue weighted by Gasteiger charge is 2.11. The molecular weight excluding hydrogens is 306 g/mol. The highest BCUT2D eigenvalue weighted by molar-refractivity contribution is 5.91. The number of carbonyl (C=O) groups is 1. The summed E-state index contributed by atoms with van der Waals surface area (Å²) in [5, 5.41) is 12.1. The molecule has 1 aliphatic rings. The number of furan rings is 1. The van der Waals surface area contributed by atoms with Crippen LogP contribution < -0.4 is 10.8 Å². The molecule has 128 valence electrons. The molecule has 24 heavy (non-hydrogen) atoms. The molecule has 1 aliphatic heterocycles. The van der Waals surface area contributed by atoms with E-state index < -0.39 is 5.91 Å². The summed E-state index contributed by atoms with van der Waals surface area (Å²) in [5.41, 5.74) is 3.66. The molecule has 2 aromatic rings. The molecule has 1 aromatic carbocycles. The summed E-state index contributed by atoms with van der Waals surface area (Å²) in [6, 6.07) is 11.3. The van der Waals surface area contributed by atoms with Crippen LogP contribution in [0, 0.1) is 0 Å². The van der Waals surface area contributed by atoms with E-state index in [0.29, 0.717) is 5.76 Å². The van der Waals surface area contributed by atoms with E-state index in [-0.39, 0.29) is 5.76 Å². The molecule has 0 spiro atoms.